The fourth-order valence-electron chi connectivity index (χ4n) is 1.63. The van der Waals surface area contributed by atoms with E-state index in [2.05, 4.69) is 11.9 Å². The zero-order valence-electron chi connectivity index (χ0n) is 11.6. The van der Waals surface area contributed by atoms with Crippen LogP contribution in [0.5, 0.6) is 5.75 Å². The Morgan fingerprint density at radius 2 is 2.21 bits per heavy atom. The zero-order chi connectivity index (χ0) is 14.4. The summed E-state index contributed by atoms with van der Waals surface area (Å²) in [5.74, 6) is 0.463. The largest absolute Gasteiger partial charge is 0.481 e. The second kappa shape index (κ2) is 6.95. The minimum absolute atomic E-state index is 0.182. The number of aryl methyl sites for hydroxylation is 1. The van der Waals surface area contributed by atoms with Crippen molar-refractivity contribution in [2.45, 2.75) is 33.0 Å². The highest BCUT2D eigenvalue weighted by molar-refractivity contribution is 5.80. The lowest BCUT2D eigenvalue weighted by atomic mass is 10.1. The van der Waals surface area contributed by atoms with Gasteiger partial charge >= 0.3 is 0 Å². The number of amides is 1. The molecule has 1 rings (SSSR count). The van der Waals surface area contributed by atoms with Crippen LogP contribution in [-0.4, -0.2) is 23.7 Å². The maximum atomic E-state index is 11.7. The Bertz CT molecular complexity index is 455. The van der Waals surface area contributed by atoms with E-state index < -0.39 is 12.2 Å². The third-order valence-electron chi connectivity index (χ3n) is 2.77. The number of benzene rings is 1. The van der Waals surface area contributed by atoms with Crippen molar-refractivity contribution in [1.82, 2.24) is 5.32 Å². The summed E-state index contributed by atoms with van der Waals surface area (Å²) in [6.45, 7) is 9.25. The second-order valence-electron chi connectivity index (χ2n) is 4.49. The molecule has 1 aromatic rings. The Balaban J connectivity index is 2.71. The van der Waals surface area contributed by atoms with Crippen molar-refractivity contribution in [2.75, 3.05) is 6.54 Å². The van der Waals surface area contributed by atoms with Crippen LogP contribution in [-0.2, 0) is 4.79 Å². The van der Waals surface area contributed by atoms with Gasteiger partial charge in [0, 0.05) is 6.54 Å². The van der Waals surface area contributed by atoms with E-state index in [4.69, 9.17) is 4.74 Å². The van der Waals surface area contributed by atoms with Gasteiger partial charge in [-0.15, -0.1) is 6.58 Å². The molecule has 0 aliphatic carbocycles. The molecule has 0 aromatic heterocycles. The minimum Gasteiger partial charge on any atom is -0.481 e. The van der Waals surface area contributed by atoms with Crippen molar-refractivity contribution in [3.63, 3.8) is 0 Å². The lowest BCUT2D eigenvalue weighted by Crippen LogP contribution is -2.36. The van der Waals surface area contributed by atoms with Crippen LogP contribution >= 0.6 is 0 Å². The van der Waals surface area contributed by atoms with Crippen molar-refractivity contribution in [2.24, 2.45) is 0 Å². The first-order chi connectivity index (χ1) is 8.95. The number of nitrogens with one attached hydrogen (secondary N) is 1. The summed E-state index contributed by atoms with van der Waals surface area (Å²) in [6.07, 6.45) is 0.532. The van der Waals surface area contributed by atoms with E-state index in [0.29, 0.717) is 12.3 Å². The highest BCUT2D eigenvalue weighted by Crippen LogP contribution is 2.23. The van der Waals surface area contributed by atoms with Crippen molar-refractivity contribution in [3.05, 3.63) is 42.0 Å². The summed E-state index contributed by atoms with van der Waals surface area (Å²) in [5.41, 5.74) is 1.72. The molecule has 19 heavy (non-hydrogen) atoms. The number of ether oxygens (including phenoxy) is 1. The van der Waals surface area contributed by atoms with Crippen LogP contribution in [0.4, 0.5) is 0 Å². The van der Waals surface area contributed by atoms with E-state index in [9.17, 15) is 9.90 Å². The minimum atomic E-state index is -0.573. The van der Waals surface area contributed by atoms with Crippen molar-refractivity contribution < 1.29 is 14.6 Å². The zero-order valence-corrected chi connectivity index (χ0v) is 11.6. The van der Waals surface area contributed by atoms with Crippen LogP contribution < -0.4 is 10.1 Å². The number of hydrogen-bond donors (Lipinski definition) is 2. The van der Waals surface area contributed by atoms with E-state index in [1.807, 2.05) is 13.0 Å². The molecule has 0 aliphatic rings. The number of carbonyl (C=O) groups is 1. The molecule has 1 aromatic carbocycles. The predicted molar refractivity (Wildman–Crippen MR) is 75.1 cm³/mol. The fourth-order valence-corrected chi connectivity index (χ4v) is 1.63. The number of aliphatic hydroxyl groups excluding tert-OH is 1. The van der Waals surface area contributed by atoms with Gasteiger partial charge in [0.1, 0.15) is 5.75 Å². The highest BCUT2D eigenvalue weighted by atomic mass is 16.5. The Hall–Kier alpha value is -1.81. The molecule has 2 atom stereocenters. The summed E-state index contributed by atoms with van der Waals surface area (Å²) in [4.78, 5) is 11.7. The van der Waals surface area contributed by atoms with E-state index in [1.54, 1.807) is 32.1 Å². The molecule has 4 nitrogen and oxygen atoms in total. The average Bonchev–Trinajstić information content (AvgIpc) is 2.37. The molecule has 0 spiro atoms. The van der Waals surface area contributed by atoms with E-state index in [-0.39, 0.29) is 5.91 Å². The molecule has 1 unspecified atom stereocenters. The van der Waals surface area contributed by atoms with E-state index in [0.717, 1.165) is 11.1 Å². The number of rotatable bonds is 6. The van der Waals surface area contributed by atoms with Crippen LogP contribution in [0, 0.1) is 6.92 Å². The quantitative estimate of drug-likeness (QED) is 0.773. The SMILES string of the molecule is C=CCNC(=O)C(C)Oc1ccc([C@H](C)O)cc1C. The summed E-state index contributed by atoms with van der Waals surface area (Å²) in [5, 5.41) is 12.2. The molecular weight excluding hydrogens is 242 g/mol. The smallest absolute Gasteiger partial charge is 0.261 e. The van der Waals surface area contributed by atoms with Crippen LogP contribution in [0.2, 0.25) is 0 Å². The molecule has 1 amide bonds. The van der Waals surface area contributed by atoms with Gasteiger partial charge in [-0.2, -0.15) is 0 Å². The van der Waals surface area contributed by atoms with E-state index >= 15 is 0 Å². The molecule has 0 heterocycles. The Labute approximate surface area is 114 Å². The first-order valence-corrected chi connectivity index (χ1v) is 6.29. The fraction of sp³-hybridized carbons (Fsp3) is 0.400. The van der Waals surface area contributed by atoms with Crippen LogP contribution in [0.1, 0.15) is 31.1 Å². The maximum Gasteiger partial charge on any atom is 0.261 e. The first kappa shape index (κ1) is 15.2. The Morgan fingerprint density at radius 1 is 1.53 bits per heavy atom. The van der Waals surface area contributed by atoms with Gasteiger partial charge in [-0.1, -0.05) is 12.1 Å². The lowest BCUT2D eigenvalue weighted by molar-refractivity contribution is -0.127. The van der Waals surface area contributed by atoms with Crippen LogP contribution in [0.3, 0.4) is 0 Å². The van der Waals surface area contributed by atoms with Gasteiger partial charge in [-0.05, 0) is 44.0 Å². The van der Waals surface area contributed by atoms with Gasteiger partial charge in [0.25, 0.3) is 5.91 Å². The van der Waals surface area contributed by atoms with Crippen LogP contribution in [0.15, 0.2) is 30.9 Å². The highest BCUT2D eigenvalue weighted by Gasteiger charge is 2.15. The average molecular weight is 263 g/mol. The van der Waals surface area contributed by atoms with Crippen LogP contribution in [0.25, 0.3) is 0 Å². The first-order valence-electron chi connectivity index (χ1n) is 6.29. The van der Waals surface area contributed by atoms with Gasteiger partial charge in [0.2, 0.25) is 0 Å². The van der Waals surface area contributed by atoms with Gasteiger partial charge in [-0.25, -0.2) is 0 Å². The number of carbonyl (C=O) groups excluding carboxylic acids is 1. The second-order valence-corrected chi connectivity index (χ2v) is 4.49. The van der Waals surface area contributed by atoms with Crippen molar-refractivity contribution >= 4 is 5.91 Å². The Morgan fingerprint density at radius 3 is 2.74 bits per heavy atom. The standard InChI is InChI=1S/C15H21NO3/c1-5-8-16-15(18)12(4)19-14-7-6-13(11(3)17)9-10(14)2/h5-7,9,11-12,17H,1,8H2,2-4H3,(H,16,18)/t11-,12?/m0/s1. The topological polar surface area (TPSA) is 58.6 Å². The molecular formula is C15H21NO3. The van der Waals surface area contributed by atoms with Crippen molar-refractivity contribution in [1.29, 1.82) is 0 Å². The normalized spacial score (nSPS) is 13.5. The lowest BCUT2D eigenvalue weighted by Gasteiger charge is -2.17. The van der Waals surface area contributed by atoms with Gasteiger partial charge in [0.05, 0.1) is 6.10 Å². The van der Waals surface area contributed by atoms with E-state index in [1.165, 1.54) is 0 Å². The van der Waals surface area contributed by atoms with Gasteiger partial charge in [-0.3, -0.25) is 4.79 Å². The molecule has 0 fully saturated rings. The number of hydrogen-bond acceptors (Lipinski definition) is 3. The van der Waals surface area contributed by atoms with Gasteiger partial charge in [0.15, 0.2) is 6.10 Å². The maximum absolute atomic E-state index is 11.7. The monoisotopic (exact) mass is 263 g/mol. The summed E-state index contributed by atoms with van der Waals surface area (Å²) in [7, 11) is 0. The van der Waals surface area contributed by atoms with Gasteiger partial charge < -0.3 is 15.2 Å². The Kier molecular flexibility index (Phi) is 5.57. The molecule has 0 bridgehead atoms. The molecule has 2 N–H and O–H groups in total. The number of aliphatic hydroxyl groups is 1. The van der Waals surface area contributed by atoms with Crippen molar-refractivity contribution in [3.8, 4) is 5.75 Å². The summed E-state index contributed by atoms with van der Waals surface area (Å²) in [6, 6.07) is 5.42. The third kappa shape index (κ3) is 4.41. The summed E-state index contributed by atoms with van der Waals surface area (Å²) < 4.78 is 5.61. The third-order valence-corrected chi connectivity index (χ3v) is 2.77. The summed E-state index contributed by atoms with van der Waals surface area (Å²) >= 11 is 0. The molecule has 104 valence electrons. The molecule has 4 heteroatoms. The molecule has 0 saturated carbocycles. The predicted octanol–water partition coefficient (Wildman–Crippen LogP) is 2.12. The molecule has 0 aliphatic heterocycles. The molecule has 0 saturated heterocycles. The molecule has 0 radical (unpaired) electrons.